The maximum Gasteiger partial charge on any atom is 0.173 e. The SMILES string of the molecule is COc1ccc(C(c2nnnn2C(C)(C)C)N2CCCCC2)cc1OC. The maximum absolute atomic E-state index is 5.53. The molecule has 2 aromatic rings. The quantitative estimate of drug-likeness (QED) is 0.818. The van der Waals surface area contributed by atoms with Gasteiger partial charge in [0.15, 0.2) is 17.3 Å². The van der Waals surface area contributed by atoms with Crippen LogP contribution in [-0.2, 0) is 5.54 Å². The zero-order valence-corrected chi connectivity index (χ0v) is 16.4. The van der Waals surface area contributed by atoms with Gasteiger partial charge in [0.25, 0.3) is 0 Å². The fourth-order valence-electron chi connectivity index (χ4n) is 3.56. The zero-order valence-electron chi connectivity index (χ0n) is 16.4. The fourth-order valence-corrected chi connectivity index (χ4v) is 3.56. The minimum atomic E-state index is -0.191. The second-order valence-corrected chi connectivity index (χ2v) is 7.73. The summed E-state index contributed by atoms with van der Waals surface area (Å²) in [6.45, 7) is 8.43. The Kier molecular flexibility index (Phi) is 5.46. The minimum absolute atomic E-state index is 0.00988. The van der Waals surface area contributed by atoms with Crippen LogP contribution in [0.15, 0.2) is 18.2 Å². The number of ether oxygens (including phenoxy) is 2. The number of aromatic nitrogens is 4. The first-order valence-corrected chi connectivity index (χ1v) is 9.20. The van der Waals surface area contributed by atoms with Gasteiger partial charge in [-0.15, -0.1) is 5.10 Å². The number of piperidine rings is 1. The summed E-state index contributed by atoms with van der Waals surface area (Å²) in [6, 6.07) is 6.07. The molecule has 1 unspecified atom stereocenters. The van der Waals surface area contributed by atoms with Crippen molar-refractivity contribution in [1.29, 1.82) is 0 Å². The molecule has 1 aliphatic heterocycles. The molecule has 0 saturated carbocycles. The van der Waals surface area contributed by atoms with Crippen LogP contribution in [0.3, 0.4) is 0 Å². The van der Waals surface area contributed by atoms with Gasteiger partial charge in [0.1, 0.15) is 0 Å². The van der Waals surface area contributed by atoms with Gasteiger partial charge in [-0.05, 0) is 74.8 Å². The Morgan fingerprint density at radius 3 is 2.31 bits per heavy atom. The first-order valence-electron chi connectivity index (χ1n) is 9.20. The van der Waals surface area contributed by atoms with E-state index in [1.54, 1.807) is 14.2 Å². The van der Waals surface area contributed by atoms with E-state index in [4.69, 9.17) is 9.47 Å². The van der Waals surface area contributed by atoms with E-state index in [2.05, 4.69) is 47.3 Å². The Bertz CT molecular complexity index is 732. The van der Waals surface area contributed by atoms with Gasteiger partial charge in [-0.25, -0.2) is 4.68 Å². The number of hydrogen-bond acceptors (Lipinski definition) is 6. The smallest absolute Gasteiger partial charge is 0.173 e. The number of likely N-dealkylation sites (tertiary alicyclic amines) is 1. The van der Waals surface area contributed by atoms with E-state index >= 15 is 0 Å². The molecule has 1 saturated heterocycles. The molecule has 0 N–H and O–H groups in total. The molecule has 1 aliphatic rings. The van der Waals surface area contributed by atoms with Crippen molar-refractivity contribution in [2.24, 2.45) is 0 Å². The van der Waals surface area contributed by atoms with Crippen LogP contribution in [0.2, 0.25) is 0 Å². The summed E-state index contributed by atoms with van der Waals surface area (Å²) in [5, 5.41) is 12.7. The summed E-state index contributed by atoms with van der Waals surface area (Å²) >= 11 is 0. The lowest BCUT2D eigenvalue weighted by Gasteiger charge is -2.35. The van der Waals surface area contributed by atoms with Gasteiger partial charge in [0.05, 0.1) is 25.8 Å². The summed E-state index contributed by atoms with van der Waals surface area (Å²) in [6.07, 6.45) is 3.67. The van der Waals surface area contributed by atoms with Crippen LogP contribution in [0.1, 0.15) is 57.5 Å². The van der Waals surface area contributed by atoms with Gasteiger partial charge in [-0.2, -0.15) is 0 Å². The van der Waals surface area contributed by atoms with Crippen molar-refractivity contribution in [2.45, 2.75) is 51.6 Å². The fraction of sp³-hybridized carbons (Fsp3) is 0.632. The van der Waals surface area contributed by atoms with E-state index in [-0.39, 0.29) is 11.6 Å². The van der Waals surface area contributed by atoms with Gasteiger partial charge in [0, 0.05) is 0 Å². The topological polar surface area (TPSA) is 65.3 Å². The van der Waals surface area contributed by atoms with Crippen molar-refractivity contribution >= 4 is 0 Å². The normalized spacial score (nSPS) is 17.1. The van der Waals surface area contributed by atoms with Gasteiger partial charge >= 0.3 is 0 Å². The van der Waals surface area contributed by atoms with Crippen LogP contribution in [0, 0.1) is 0 Å². The molecule has 1 fully saturated rings. The highest BCUT2D eigenvalue weighted by Crippen LogP contribution is 2.36. The third-order valence-corrected chi connectivity index (χ3v) is 4.85. The molecule has 142 valence electrons. The average molecular weight is 359 g/mol. The second kappa shape index (κ2) is 7.61. The number of methoxy groups -OCH3 is 2. The van der Waals surface area contributed by atoms with E-state index in [1.165, 1.54) is 19.3 Å². The highest BCUT2D eigenvalue weighted by molar-refractivity contribution is 5.45. The van der Waals surface area contributed by atoms with E-state index < -0.39 is 0 Å². The summed E-state index contributed by atoms with van der Waals surface area (Å²) < 4.78 is 12.9. The van der Waals surface area contributed by atoms with Crippen molar-refractivity contribution in [3.63, 3.8) is 0 Å². The highest BCUT2D eigenvalue weighted by atomic mass is 16.5. The number of benzene rings is 1. The number of nitrogens with zero attached hydrogens (tertiary/aromatic N) is 5. The second-order valence-electron chi connectivity index (χ2n) is 7.73. The largest absolute Gasteiger partial charge is 0.493 e. The lowest BCUT2D eigenvalue weighted by molar-refractivity contribution is 0.170. The molecule has 0 aliphatic carbocycles. The van der Waals surface area contributed by atoms with E-state index in [0.29, 0.717) is 0 Å². The van der Waals surface area contributed by atoms with Gasteiger partial charge in [-0.1, -0.05) is 12.5 Å². The molecule has 26 heavy (non-hydrogen) atoms. The molecule has 0 bridgehead atoms. The van der Waals surface area contributed by atoms with Gasteiger partial charge < -0.3 is 9.47 Å². The van der Waals surface area contributed by atoms with E-state index in [1.807, 2.05) is 16.8 Å². The molecule has 1 aromatic heterocycles. The van der Waals surface area contributed by atoms with Gasteiger partial charge in [-0.3, -0.25) is 4.90 Å². The van der Waals surface area contributed by atoms with Crippen molar-refractivity contribution in [3.05, 3.63) is 29.6 Å². The summed E-state index contributed by atoms with van der Waals surface area (Å²) in [7, 11) is 3.32. The Balaban J connectivity index is 2.09. The lowest BCUT2D eigenvalue weighted by atomic mass is 9.99. The Morgan fingerprint density at radius 2 is 1.69 bits per heavy atom. The summed E-state index contributed by atoms with van der Waals surface area (Å²) in [5.41, 5.74) is 0.925. The zero-order chi connectivity index (χ0) is 18.7. The Hall–Kier alpha value is -2.15. The van der Waals surface area contributed by atoms with Crippen LogP contribution >= 0.6 is 0 Å². The molecule has 0 spiro atoms. The number of tetrazole rings is 1. The number of hydrogen-bond donors (Lipinski definition) is 0. The van der Waals surface area contributed by atoms with Crippen molar-refractivity contribution in [3.8, 4) is 11.5 Å². The van der Waals surface area contributed by atoms with Gasteiger partial charge in [0.2, 0.25) is 0 Å². The van der Waals surface area contributed by atoms with Crippen LogP contribution in [0.5, 0.6) is 11.5 Å². The first-order chi connectivity index (χ1) is 12.5. The molecule has 7 nitrogen and oxygen atoms in total. The number of rotatable bonds is 5. The third-order valence-electron chi connectivity index (χ3n) is 4.85. The Labute approximate surface area is 155 Å². The standard InChI is InChI=1S/C19H29N5O2/c1-19(2,3)24-18(20-21-22-24)17(23-11-7-6-8-12-23)14-9-10-15(25-4)16(13-14)26-5/h9-10,13,17H,6-8,11-12H2,1-5H3. The molecule has 1 aromatic carbocycles. The predicted molar refractivity (Wildman–Crippen MR) is 99.6 cm³/mol. The average Bonchev–Trinajstić information content (AvgIpc) is 3.12. The third kappa shape index (κ3) is 3.67. The molecule has 7 heteroatoms. The maximum atomic E-state index is 5.53. The highest BCUT2D eigenvalue weighted by Gasteiger charge is 2.32. The Morgan fingerprint density at radius 1 is 1.00 bits per heavy atom. The van der Waals surface area contributed by atoms with Crippen LogP contribution in [0.25, 0.3) is 0 Å². The van der Waals surface area contributed by atoms with Crippen molar-refractivity contribution < 1.29 is 9.47 Å². The molecular weight excluding hydrogens is 330 g/mol. The summed E-state index contributed by atoms with van der Waals surface area (Å²) in [4.78, 5) is 2.47. The monoisotopic (exact) mass is 359 g/mol. The van der Waals surface area contributed by atoms with E-state index in [0.717, 1.165) is 36.0 Å². The molecular formula is C19H29N5O2. The minimum Gasteiger partial charge on any atom is -0.493 e. The molecule has 1 atom stereocenters. The van der Waals surface area contributed by atoms with Crippen molar-refractivity contribution in [2.75, 3.05) is 27.3 Å². The van der Waals surface area contributed by atoms with Crippen LogP contribution in [-0.4, -0.2) is 52.4 Å². The first kappa shape index (κ1) is 18.6. The molecule has 2 heterocycles. The molecule has 3 rings (SSSR count). The van der Waals surface area contributed by atoms with Crippen LogP contribution < -0.4 is 9.47 Å². The summed E-state index contributed by atoms with van der Waals surface area (Å²) in [5.74, 6) is 2.32. The van der Waals surface area contributed by atoms with Crippen LogP contribution in [0.4, 0.5) is 0 Å². The lowest BCUT2D eigenvalue weighted by Crippen LogP contribution is -2.38. The van der Waals surface area contributed by atoms with E-state index in [9.17, 15) is 0 Å². The molecule has 0 radical (unpaired) electrons. The molecule has 0 amide bonds. The predicted octanol–water partition coefficient (Wildman–Crippen LogP) is 3.02. The van der Waals surface area contributed by atoms with Crippen molar-refractivity contribution in [1.82, 2.24) is 25.1 Å².